The van der Waals surface area contributed by atoms with Gasteiger partial charge in [-0.15, -0.1) is 0 Å². The van der Waals surface area contributed by atoms with Crippen LogP contribution in [0.5, 0.6) is 0 Å². The normalized spacial score (nSPS) is 16.9. The molecule has 0 amide bonds. The van der Waals surface area contributed by atoms with Gasteiger partial charge in [0.15, 0.2) is 0 Å². The zero-order valence-corrected chi connectivity index (χ0v) is 13.7. The summed E-state index contributed by atoms with van der Waals surface area (Å²) < 4.78 is 5.20. The molecule has 0 saturated heterocycles. The van der Waals surface area contributed by atoms with E-state index in [0.717, 1.165) is 32.7 Å². The molecule has 0 aromatic carbocycles. The fourth-order valence-electron chi connectivity index (χ4n) is 2.57. The van der Waals surface area contributed by atoms with Gasteiger partial charge in [-0.1, -0.05) is 20.8 Å². The largest absolute Gasteiger partial charge is 0.394 e. The van der Waals surface area contributed by atoms with Gasteiger partial charge < -0.3 is 15.2 Å². The van der Waals surface area contributed by atoms with Gasteiger partial charge in [-0.25, -0.2) is 0 Å². The van der Waals surface area contributed by atoms with E-state index in [1.807, 2.05) is 0 Å². The van der Waals surface area contributed by atoms with Crippen LogP contribution in [0.3, 0.4) is 0 Å². The SMILES string of the molecule is CCNC(C)(CO)CC(C)N(CCOC)CC(C)C. The maximum absolute atomic E-state index is 9.60. The van der Waals surface area contributed by atoms with Crippen molar-refractivity contribution in [3.05, 3.63) is 0 Å². The third kappa shape index (κ3) is 7.88. The van der Waals surface area contributed by atoms with Crippen molar-refractivity contribution in [2.24, 2.45) is 5.92 Å². The van der Waals surface area contributed by atoms with E-state index < -0.39 is 0 Å². The number of aliphatic hydroxyl groups is 1. The van der Waals surface area contributed by atoms with Crippen LogP contribution in [0.25, 0.3) is 0 Å². The molecule has 2 N–H and O–H groups in total. The Labute approximate surface area is 119 Å². The Kier molecular flexibility index (Phi) is 9.62. The predicted octanol–water partition coefficient (Wildman–Crippen LogP) is 1.73. The summed E-state index contributed by atoms with van der Waals surface area (Å²) >= 11 is 0. The van der Waals surface area contributed by atoms with Crippen molar-refractivity contribution in [2.45, 2.75) is 52.6 Å². The van der Waals surface area contributed by atoms with Gasteiger partial charge in [0.05, 0.1) is 13.2 Å². The lowest BCUT2D eigenvalue weighted by Crippen LogP contribution is -2.51. The number of ether oxygens (including phenoxy) is 1. The van der Waals surface area contributed by atoms with Crippen LogP contribution in [0.1, 0.15) is 41.0 Å². The number of hydrogen-bond acceptors (Lipinski definition) is 4. The summed E-state index contributed by atoms with van der Waals surface area (Å²) in [5, 5.41) is 13.0. The number of methoxy groups -OCH3 is 1. The highest BCUT2D eigenvalue weighted by molar-refractivity contribution is 4.87. The Bertz CT molecular complexity index is 224. The Hall–Kier alpha value is -0.160. The van der Waals surface area contributed by atoms with Crippen molar-refractivity contribution in [1.82, 2.24) is 10.2 Å². The molecule has 0 aliphatic rings. The highest BCUT2D eigenvalue weighted by atomic mass is 16.5. The van der Waals surface area contributed by atoms with Crippen LogP contribution in [0, 0.1) is 5.92 Å². The quantitative estimate of drug-likeness (QED) is 0.602. The summed E-state index contributed by atoms with van der Waals surface area (Å²) in [6, 6.07) is 0.425. The van der Waals surface area contributed by atoms with Gasteiger partial charge >= 0.3 is 0 Å². The smallest absolute Gasteiger partial charge is 0.0611 e. The molecule has 0 radical (unpaired) electrons. The number of likely N-dealkylation sites (N-methyl/N-ethyl adjacent to an activating group) is 1. The predicted molar refractivity (Wildman–Crippen MR) is 81.5 cm³/mol. The van der Waals surface area contributed by atoms with Gasteiger partial charge in [0.25, 0.3) is 0 Å². The molecule has 0 fully saturated rings. The van der Waals surface area contributed by atoms with Crippen LogP contribution < -0.4 is 5.32 Å². The average molecular weight is 274 g/mol. The van der Waals surface area contributed by atoms with E-state index in [1.54, 1.807) is 7.11 Å². The summed E-state index contributed by atoms with van der Waals surface area (Å²) in [7, 11) is 1.74. The van der Waals surface area contributed by atoms with Crippen LogP contribution in [0.15, 0.2) is 0 Å². The fourth-order valence-corrected chi connectivity index (χ4v) is 2.57. The first kappa shape index (κ1) is 18.8. The monoisotopic (exact) mass is 274 g/mol. The minimum Gasteiger partial charge on any atom is -0.394 e. The molecular formula is C15H34N2O2. The lowest BCUT2D eigenvalue weighted by molar-refractivity contribution is 0.0829. The van der Waals surface area contributed by atoms with E-state index in [9.17, 15) is 5.11 Å². The number of nitrogens with one attached hydrogen (secondary N) is 1. The lowest BCUT2D eigenvalue weighted by Gasteiger charge is -2.37. The van der Waals surface area contributed by atoms with Crippen LogP contribution >= 0.6 is 0 Å². The fraction of sp³-hybridized carbons (Fsp3) is 1.00. The lowest BCUT2D eigenvalue weighted by atomic mass is 9.93. The van der Waals surface area contributed by atoms with E-state index >= 15 is 0 Å². The number of aliphatic hydroxyl groups excluding tert-OH is 1. The van der Waals surface area contributed by atoms with Crippen molar-refractivity contribution < 1.29 is 9.84 Å². The molecular weight excluding hydrogens is 240 g/mol. The van der Waals surface area contributed by atoms with Crippen molar-refractivity contribution in [2.75, 3.05) is 40.0 Å². The van der Waals surface area contributed by atoms with Crippen molar-refractivity contribution >= 4 is 0 Å². The topological polar surface area (TPSA) is 44.7 Å². The first-order valence-electron chi connectivity index (χ1n) is 7.47. The maximum atomic E-state index is 9.60. The second-order valence-electron chi connectivity index (χ2n) is 6.18. The van der Waals surface area contributed by atoms with Gasteiger partial charge in [-0.2, -0.15) is 0 Å². The van der Waals surface area contributed by atoms with E-state index in [1.165, 1.54) is 0 Å². The van der Waals surface area contributed by atoms with Crippen molar-refractivity contribution in [3.8, 4) is 0 Å². The molecule has 0 rings (SSSR count). The standard InChI is InChI=1S/C15H34N2O2/c1-7-16-15(5,12-18)10-14(4)17(8-9-19-6)11-13(2)3/h13-14,16,18H,7-12H2,1-6H3. The Balaban J connectivity index is 4.54. The average Bonchev–Trinajstić information content (AvgIpc) is 2.34. The molecule has 2 atom stereocenters. The van der Waals surface area contributed by atoms with Crippen molar-refractivity contribution in [3.63, 3.8) is 0 Å². The van der Waals surface area contributed by atoms with E-state index in [2.05, 4.69) is 44.8 Å². The number of rotatable bonds is 11. The summed E-state index contributed by atoms with van der Waals surface area (Å²) in [5.74, 6) is 0.638. The molecule has 0 spiro atoms. The van der Waals surface area contributed by atoms with Crippen LogP contribution in [0.4, 0.5) is 0 Å². The van der Waals surface area contributed by atoms with E-state index in [4.69, 9.17) is 4.74 Å². The molecule has 116 valence electrons. The Morgan fingerprint density at radius 1 is 1.32 bits per heavy atom. The third-order valence-electron chi connectivity index (χ3n) is 3.50. The summed E-state index contributed by atoms with van der Waals surface area (Å²) in [6.45, 7) is 14.7. The summed E-state index contributed by atoms with van der Waals surface area (Å²) in [4.78, 5) is 2.46. The third-order valence-corrected chi connectivity index (χ3v) is 3.50. The van der Waals surface area contributed by atoms with Crippen LogP contribution in [-0.2, 0) is 4.74 Å². The molecule has 4 nitrogen and oxygen atoms in total. The second-order valence-corrected chi connectivity index (χ2v) is 6.18. The Morgan fingerprint density at radius 2 is 1.95 bits per heavy atom. The second kappa shape index (κ2) is 9.70. The molecule has 0 aliphatic heterocycles. The Morgan fingerprint density at radius 3 is 2.37 bits per heavy atom. The number of nitrogens with zero attached hydrogens (tertiary/aromatic N) is 1. The zero-order valence-electron chi connectivity index (χ0n) is 13.7. The molecule has 4 heteroatoms. The van der Waals surface area contributed by atoms with Gasteiger partial charge in [0, 0.05) is 31.8 Å². The molecule has 2 unspecified atom stereocenters. The molecule has 0 saturated carbocycles. The molecule has 19 heavy (non-hydrogen) atoms. The molecule has 0 bridgehead atoms. The first-order chi connectivity index (χ1) is 8.88. The zero-order chi connectivity index (χ0) is 14.9. The summed E-state index contributed by atoms with van der Waals surface area (Å²) in [5.41, 5.74) is -0.198. The maximum Gasteiger partial charge on any atom is 0.0611 e. The molecule has 0 aliphatic carbocycles. The van der Waals surface area contributed by atoms with E-state index in [-0.39, 0.29) is 12.1 Å². The molecule has 0 heterocycles. The van der Waals surface area contributed by atoms with Crippen LogP contribution in [-0.4, -0.2) is 61.5 Å². The van der Waals surface area contributed by atoms with Gasteiger partial charge in [0.1, 0.15) is 0 Å². The highest BCUT2D eigenvalue weighted by Gasteiger charge is 2.27. The van der Waals surface area contributed by atoms with Gasteiger partial charge in [-0.05, 0) is 32.7 Å². The number of hydrogen-bond donors (Lipinski definition) is 2. The first-order valence-corrected chi connectivity index (χ1v) is 7.47. The van der Waals surface area contributed by atoms with E-state index in [0.29, 0.717) is 12.0 Å². The molecule has 0 aromatic heterocycles. The molecule has 0 aromatic rings. The minimum atomic E-state index is -0.198. The minimum absolute atomic E-state index is 0.172. The van der Waals surface area contributed by atoms with Gasteiger partial charge in [-0.3, -0.25) is 4.90 Å². The highest BCUT2D eigenvalue weighted by Crippen LogP contribution is 2.17. The van der Waals surface area contributed by atoms with Crippen LogP contribution in [0.2, 0.25) is 0 Å². The van der Waals surface area contributed by atoms with Gasteiger partial charge in [0.2, 0.25) is 0 Å². The van der Waals surface area contributed by atoms with Crippen molar-refractivity contribution in [1.29, 1.82) is 0 Å². The summed E-state index contributed by atoms with van der Waals surface area (Å²) in [6.07, 6.45) is 0.938.